The molecule has 3 aromatic rings. The summed E-state index contributed by atoms with van der Waals surface area (Å²) in [6, 6.07) is 17.4. The number of carboxylic acid groups (broad SMARTS) is 1. The van der Waals surface area contributed by atoms with Gasteiger partial charge in [-0.2, -0.15) is 5.10 Å². The van der Waals surface area contributed by atoms with Gasteiger partial charge in [-0.15, -0.1) is 0 Å². The summed E-state index contributed by atoms with van der Waals surface area (Å²) in [7, 11) is 0. The van der Waals surface area contributed by atoms with Crippen molar-refractivity contribution in [2.75, 3.05) is 6.61 Å². The first kappa shape index (κ1) is 21.8. The second kappa shape index (κ2) is 9.30. The smallest absolute Gasteiger partial charge is 0.335 e. The van der Waals surface area contributed by atoms with Gasteiger partial charge in [-0.25, -0.2) is 10.2 Å². The number of benzene rings is 2. The minimum Gasteiger partial charge on any atom is -0.484 e. The number of hydrogen-bond donors (Lipinski definition) is 2. The van der Waals surface area contributed by atoms with E-state index in [2.05, 4.69) is 31.3 Å². The second-order valence-electron chi connectivity index (χ2n) is 7.94. The van der Waals surface area contributed by atoms with Crippen LogP contribution in [0.25, 0.3) is 11.3 Å². The van der Waals surface area contributed by atoms with Crippen molar-refractivity contribution in [3.05, 3.63) is 77.6 Å². The van der Waals surface area contributed by atoms with Crippen molar-refractivity contribution in [2.24, 2.45) is 5.10 Å². The van der Waals surface area contributed by atoms with Crippen LogP contribution in [0.5, 0.6) is 5.75 Å². The summed E-state index contributed by atoms with van der Waals surface area (Å²) in [6.45, 7) is 6.22. The highest BCUT2D eigenvalue weighted by Crippen LogP contribution is 2.24. The zero-order chi connectivity index (χ0) is 22.4. The maximum atomic E-state index is 11.9. The van der Waals surface area contributed by atoms with Crippen molar-refractivity contribution >= 4 is 18.1 Å². The zero-order valence-corrected chi connectivity index (χ0v) is 17.6. The van der Waals surface area contributed by atoms with Gasteiger partial charge in [-0.05, 0) is 47.4 Å². The average Bonchev–Trinajstić information content (AvgIpc) is 3.21. The topological polar surface area (TPSA) is 101 Å². The Morgan fingerprint density at radius 1 is 1.10 bits per heavy atom. The molecule has 2 aromatic carbocycles. The van der Waals surface area contributed by atoms with E-state index in [1.807, 2.05) is 24.3 Å². The van der Waals surface area contributed by atoms with Crippen LogP contribution in [-0.4, -0.2) is 29.8 Å². The maximum Gasteiger partial charge on any atom is 0.335 e. The van der Waals surface area contributed by atoms with E-state index in [0.29, 0.717) is 22.8 Å². The number of aromatic carboxylic acids is 1. The third-order valence-corrected chi connectivity index (χ3v) is 4.49. The van der Waals surface area contributed by atoms with Crippen LogP contribution < -0.4 is 10.2 Å². The number of nitrogens with one attached hydrogen (secondary N) is 1. The number of carbonyl (C=O) groups is 2. The molecule has 3 rings (SSSR count). The first-order valence-electron chi connectivity index (χ1n) is 9.71. The van der Waals surface area contributed by atoms with Crippen LogP contribution in [0.1, 0.15) is 42.5 Å². The normalized spacial score (nSPS) is 11.5. The summed E-state index contributed by atoms with van der Waals surface area (Å²) in [5, 5.41) is 12.9. The third-order valence-electron chi connectivity index (χ3n) is 4.49. The average molecular weight is 420 g/mol. The molecular weight excluding hydrogens is 396 g/mol. The van der Waals surface area contributed by atoms with Gasteiger partial charge < -0.3 is 14.3 Å². The first-order valence-corrected chi connectivity index (χ1v) is 9.71. The molecule has 160 valence electrons. The monoisotopic (exact) mass is 420 g/mol. The lowest BCUT2D eigenvalue weighted by Crippen LogP contribution is -2.24. The molecule has 1 heterocycles. The molecule has 7 nitrogen and oxygen atoms in total. The molecule has 0 saturated heterocycles. The molecule has 0 aliphatic rings. The highest BCUT2D eigenvalue weighted by Gasteiger charge is 2.13. The van der Waals surface area contributed by atoms with Crippen molar-refractivity contribution in [3.63, 3.8) is 0 Å². The van der Waals surface area contributed by atoms with Crippen LogP contribution in [0.4, 0.5) is 0 Å². The van der Waals surface area contributed by atoms with Crippen LogP contribution in [0.2, 0.25) is 0 Å². The molecule has 1 aromatic heterocycles. The summed E-state index contributed by atoms with van der Waals surface area (Å²) in [4.78, 5) is 23.0. The van der Waals surface area contributed by atoms with Gasteiger partial charge in [0.2, 0.25) is 0 Å². The minimum atomic E-state index is -1.01. The predicted octanol–water partition coefficient (Wildman–Crippen LogP) is 4.47. The fraction of sp³-hybridized carbons (Fsp3) is 0.208. The van der Waals surface area contributed by atoms with Crippen LogP contribution in [0, 0.1) is 0 Å². The van der Waals surface area contributed by atoms with Crippen LogP contribution in [0.15, 0.2) is 70.2 Å². The molecule has 0 atom stereocenters. The van der Waals surface area contributed by atoms with E-state index in [1.165, 1.54) is 23.9 Å². The molecule has 0 aliphatic heterocycles. The van der Waals surface area contributed by atoms with Gasteiger partial charge in [-0.3, -0.25) is 4.79 Å². The van der Waals surface area contributed by atoms with Crippen molar-refractivity contribution < 1.29 is 23.8 Å². The summed E-state index contributed by atoms with van der Waals surface area (Å²) < 4.78 is 11.1. The molecule has 0 aliphatic carbocycles. The number of carbonyl (C=O) groups excluding carboxylic acids is 1. The fourth-order valence-electron chi connectivity index (χ4n) is 2.78. The van der Waals surface area contributed by atoms with Crippen molar-refractivity contribution in [1.29, 1.82) is 0 Å². The van der Waals surface area contributed by atoms with Crippen molar-refractivity contribution in [2.45, 2.75) is 26.2 Å². The number of rotatable bonds is 7. The fourth-order valence-corrected chi connectivity index (χ4v) is 2.78. The number of ether oxygens (including phenoxy) is 1. The SMILES string of the molecule is CC(C)(C)c1ccc(OCC(=O)N/N=C\c2ccc(-c3cccc(C(=O)O)c3)o2)cc1. The van der Waals surface area contributed by atoms with E-state index in [0.717, 1.165) is 0 Å². The van der Waals surface area contributed by atoms with Gasteiger partial charge in [0, 0.05) is 5.56 Å². The summed E-state index contributed by atoms with van der Waals surface area (Å²) >= 11 is 0. The van der Waals surface area contributed by atoms with E-state index < -0.39 is 11.9 Å². The second-order valence-corrected chi connectivity index (χ2v) is 7.94. The third kappa shape index (κ3) is 6.05. The lowest BCUT2D eigenvalue weighted by atomic mass is 9.87. The van der Waals surface area contributed by atoms with E-state index in [-0.39, 0.29) is 17.6 Å². The predicted molar refractivity (Wildman–Crippen MR) is 117 cm³/mol. The van der Waals surface area contributed by atoms with E-state index in [4.69, 9.17) is 14.3 Å². The van der Waals surface area contributed by atoms with Crippen LogP contribution in [-0.2, 0) is 10.2 Å². The van der Waals surface area contributed by atoms with Gasteiger partial charge in [0.25, 0.3) is 5.91 Å². The summed E-state index contributed by atoms with van der Waals surface area (Å²) in [5.74, 6) is 0.0985. The highest BCUT2D eigenvalue weighted by atomic mass is 16.5. The summed E-state index contributed by atoms with van der Waals surface area (Å²) in [6.07, 6.45) is 1.36. The van der Waals surface area contributed by atoms with Gasteiger partial charge in [0.1, 0.15) is 17.3 Å². The Balaban J connectivity index is 1.51. The van der Waals surface area contributed by atoms with E-state index in [9.17, 15) is 9.59 Å². The Labute approximate surface area is 180 Å². The molecule has 1 amide bonds. The molecule has 7 heteroatoms. The van der Waals surface area contributed by atoms with Gasteiger partial charge in [0.05, 0.1) is 11.8 Å². The number of carboxylic acids is 1. The number of amides is 1. The van der Waals surface area contributed by atoms with Crippen molar-refractivity contribution in [3.8, 4) is 17.1 Å². The van der Waals surface area contributed by atoms with E-state index in [1.54, 1.807) is 24.3 Å². The molecule has 0 radical (unpaired) electrons. The lowest BCUT2D eigenvalue weighted by Gasteiger charge is -2.19. The highest BCUT2D eigenvalue weighted by molar-refractivity contribution is 5.89. The maximum absolute atomic E-state index is 11.9. The molecule has 0 unspecified atom stereocenters. The largest absolute Gasteiger partial charge is 0.484 e. The first-order chi connectivity index (χ1) is 14.7. The minimum absolute atomic E-state index is 0.0510. The molecular formula is C24H24N2O5. The summed E-state index contributed by atoms with van der Waals surface area (Å²) in [5.41, 5.74) is 4.42. The Bertz CT molecular complexity index is 1090. The van der Waals surface area contributed by atoms with Crippen LogP contribution >= 0.6 is 0 Å². The molecule has 0 spiro atoms. The zero-order valence-electron chi connectivity index (χ0n) is 17.6. The quantitative estimate of drug-likeness (QED) is 0.434. The van der Waals surface area contributed by atoms with E-state index >= 15 is 0 Å². The van der Waals surface area contributed by atoms with Gasteiger partial charge in [0.15, 0.2) is 6.61 Å². The molecule has 0 fully saturated rings. The molecule has 31 heavy (non-hydrogen) atoms. The van der Waals surface area contributed by atoms with Gasteiger partial charge in [-0.1, -0.05) is 45.0 Å². The number of nitrogens with zero attached hydrogens (tertiary/aromatic N) is 1. The lowest BCUT2D eigenvalue weighted by molar-refractivity contribution is -0.123. The molecule has 0 saturated carbocycles. The Morgan fingerprint density at radius 3 is 2.52 bits per heavy atom. The Morgan fingerprint density at radius 2 is 1.84 bits per heavy atom. The van der Waals surface area contributed by atoms with Crippen LogP contribution in [0.3, 0.4) is 0 Å². The van der Waals surface area contributed by atoms with Gasteiger partial charge >= 0.3 is 5.97 Å². The number of hydrazone groups is 1. The molecule has 0 bridgehead atoms. The number of furan rings is 1. The Hall–Kier alpha value is -3.87. The molecule has 2 N–H and O–H groups in total. The number of hydrogen-bond acceptors (Lipinski definition) is 5. The van der Waals surface area contributed by atoms with Crippen molar-refractivity contribution in [1.82, 2.24) is 5.43 Å². The Kier molecular flexibility index (Phi) is 6.55. The standard InChI is InChI=1S/C24H24N2O5/c1-24(2,3)18-7-9-19(10-8-18)30-15-22(27)26-25-14-20-11-12-21(31-20)16-5-4-6-17(13-16)23(28)29/h4-14H,15H2,1-3H3,(H,26,27)(H,28,29)/b25-14-.